The van der Waals surface area contributed by atoms with Gasteiger partial charge in [-0.05, 0) is 49.7 Å². The van der Waals surface area contributed by atoms with Crippen LogP contribution in [0.2, 0.25) is 0 Å². The smallest absolute Gasteiger partial charge is 0.228 e. The van der Waals surface area contributed by atoms with Gasteiger partial charge >= 0.3 is 0 Å². The zero-order chi connectivity index (χ0) is 21.1. The van der Waals surface area contributed by atoms with Crippen LogP contribution < -0.4 is 5.32 Å². The molecule has 30 heavy (non-hydrogen) atoms. The molecule has 1 aliphatic carbocycles. The van der Waals surface area contributed by atoms with E-state index < -0.39 is 5.41 Å². The van der Waals surface area contributed by atoms with Gasteiger partial charge in [0.2, 0.25) is 11.8 Å². The van der Waals surface area contributed by atoms with E-state index in [2.05, 4.69) is 34.3 Å². The van der Waals surface area contributed by atoms with Crippen molar-refractivity contribution in [3.05, 3.63) is 48.5 Å². The maximum Gasteiger partial charge on any atom is 0.228 e. The summed E-state index contributed by atoms with van der Waals surface area (Å²) in [6.45, 7) is 5.89. The number of benzene rings is 1. The molecular weight excluding hydrogens is 376 g/mol. The quantitative estimate of drug-likeness (QED) is 0.800. The Morgan fingerprint density at radius 2 is 1.97 bits per heavy atom. The maximum atomic E-state index is 13.3. The fourth-order valence-corrected chi connectivity index (χ4v) is 4.74. The van der Waals surface area contributed by atoms with E-state index >= 15 is 0 Å². The summed E-state index contributed by atoms with van der Waals surface area (Å²) in [5.41, 5.74) is 2.46. The first-order valence-electron chi connectivity index (χ1n) is 10.9. The minimum Gasteiger partial charge on any atom is -0.356 e. The van der Waals surface area contributed by atoms with Gasteiger partial charge in [0.15, 0.2) is 0 Å². The molecule has 0 radical (unpaired) electrons. The van der Waals surface area contributed by atoms with Crippen molar-refractivity contribution in [1.29, 1.82) is 0 Å². The van der Waals surface area contributed by atoms with Gasteiger partial charge in [-0.1, -0.05) is 31.2 Å². The Morgan fingerprint density at radius 1 is 1.23 bits per heavy atom. The predicted octanol–water partition coefficient (Wildman–Crippen LogP) is 3.09. The number of carbonyl (C=O) groups excluding carboxylic acids is 2. The van der Waals surface area contributed by atoms with Crippen LogP contribution in [0.1, 0.15) is 38.7 Å². The van der Waals surface area contributed by atoms with Gasteiger partial charge in [-0.25, -0.2) is 9.97 Å². The van der Waals surface area contributed by atoms with Gasteiger partial charge in [0.1, 0.15) is 6.33 Å². The van der Waals surface area contributed by atoms with Crippen molar-refractivity contribution in [2.45, 2.75) is 39.5 Å². The molecule has 2 aromatic rings. The van der Waals surface area contributed by atoms with Crippen molar-refractivity contribution in [1.82, 2.24) is 20.2 Å². The Balaban J connectivity index is 1.65. The number of piperidine rings is 1. The molecule has 6 nitrogen and oxygen atoms in total. The largest absolute Gasteiger partial charge is 0.356 e. The fraction of sp³-hybridized carbons (Fsp3) is 0.500. The molecule has 0 bridgehead atoms. The summed E-state index contributed by atoms with van der Waals surface area (Å²) < 4.78 is 0. The number of likely N-dealkylation sites (tertiary alicyclic amines) is 1. The average molecular weight is 407 g/mol. The zero-order valence-corrected chi connectivity index (χ0v) is 17.8. The molecule has 1 saturated heterocycles. The molecular formula is C24H30N4O2. The topological polar surface area (TPSA) is 75.2 Å². The number of hydrogen-bond donors (Lipinski definition) is 1. The lowest BCUT2D eigenvalue weighted by Gasteiger charge is -2.42. The van der Waals surface area contributed by atoms with Crippen LogP contribution in [0, 0.1) is 17.3 Å². The highest BCUT2D eigenvalue weighted by molar-refractivity contribution is 5.86. The Hall–Kier alpha value is -2.76. The molecule has 2 amide bonds. The average Bonchev–Trinajstić information content (AvgIpc) is 3.51. The van der Waals surface area contributed by atoms with Crippen LogP contribution in [-0.4, -0.2) is 46.3 Å². The number of aromatic nitrogens is 2. The number of nitrogens with zero attached hydrogens (tertiary/aromatic N) is 3. The zero-order valence-electron chi connectivity index (χ0n) is 17.8. The maximum absolute atomic E-state index is 13.3. The molecule has 2 fully saturated rings. The van der Waals surface area contributed by atoms with E-state index in [4.69, 9.17) is 0 Å². The lowest BCUT2D eigenvalue weighted by Crippen LogP contribution is -2.54. The first kappa shape index (κ1) is 20.5. The monoisotopic (exact) mass is 406 g/mol. The second-order valence-electron chi connectivity index (χ2n) is 8.78. The summed E-state index contributed by atoms with van der Waals surface area (Å²) in [5, 5.41) is 3.05. The molecule has 3 atom stereocenters. The normalized spacial score (nSPS) is 25.6. The Morgan fingerprint density at radius 3 is 2.67 bits per heavy atom. The summed E-state index contributed by atoms with van der Waals surface area (Å²) in [6, 6.07) is 8.13. The van der Waals surface area contributed by atoms with Crippen molar-refractivity contribution < 1.29 is 9.59 Å². The molecule has 1 saturated carbocycles. The fourth-order valence-electron chi connectivity index (χ4n) is 4.74. The minimum atomic E-state index is -0.617. The molecule has 0 spiro atoms. The molecule has 2 heterocycles. The van der Waals surface area contributed by atoms with E-state index in [9.17, 15) is 9.59 Å². The summed E-state index contributed by atoms with van der Waals surface area (Å²) in [4.78, 5) is 36.5. The van der Waals surface area contributed by atoms with Crippen LogP contribution in [0.25, 0.3) is 11.1 Å². The third-order valence-corrected chi connectivity index (χ3v) is 6.55. The van der Waals surface area contributed by atoms with E-state index in [1.165, 1.54) is 6.33 Å². The highest BCUT2D eigenvalue weighted by atomic mass is 16.2. The lowest BCUT2D eigenvalue weighted by molar-refractivity contribution is -0.142. The molecule has 0 unspecified atom stereocenters. The molecule has 1 N–H and O–H groups in total. The van der Waals surface area contributed by atoms with Crippen molar-refractivity contribution in [2.75, 3.05) is 19.6 Å². The third kappa shape index (κ3) is 4.09. The van der Waals surface area contributed by atoms with Crippen LogP contribution >= 0.6 is 0 Å². The van der Waals surface area contributed by atoms with E-state index in [0.717, 1.165) is 42.5 Å². The number of nitrogens with one attached hydrogen (secondary N) is 1. The highest BCUT2D eigenvalue weighted by Gasteiger charge is 2.47. The summed E-state index contributed by atoms with van der Waals surface area (Å²) in [7, 11) is 0. The van der Waals surface area contributed by atoms with Crippen molar-refractivity contribution >= 4 is 11.8 Å². The molecule has 1 aromatic heterocycles. The number of rotatable bonds is 6. The number of hydrogen-bond acceptors (Lipinski definition) is 4. The van der Waals surface area contributed by atoms with Crippen molar-refractivity contribution in [3.63, 3.8) is 0 Å². The number of carbonyl (C=O) groups is 2. The van der Waals surface area contributed by atoms with E-state index in [1.54, 1.807) is 12.4 Å². The second-order valence-corrected chi connectivity index (χ2v) is 8.78. The highest BCUT2D eigenvalue weighted by Crippen LogP contribution is 2.42. The predicted molar refractivity (Wildman–Crippen MR) is 115 cm³/mol. The van der Waals surface area contributed by atoms with Crippen LogP contribution in [0.4, 0.5) is 0 Å². The molecule has 158 valence electrons. The molecule has 2 aliphatic rings. The van der Waals surface area contributed by atoms with Crippen molar-refractivity contribution in [3.8, 4) is 11.1 Å². The standard InChI is InChI=1S/C24H30N4O2/c1-3-27-23(30)24(9-6-10-28(15-24)22(29)21-11-17(21)2)12-18-7-4-5-8-20(18)19-13-25-16-26-14-19/h4-5,7-8,13-14,16-17,21H,3,6,9-12,15H2,1-2H3,(H,27,30)/t17-,21+,24+/m1/s1. The molecule has 1 aliphatic heterocycles. The van der Waals surface area contributed by atoms with E-state index in [0.29, 0.717) is 25.4 Å². The first-order valence-corrected chi connectivity index (χ1v) is 10.9. The van der Waals surface area contributed by atoms with E-state index in [-0.39, 0.29) is 17.7 Å². The van der Waals surface area contributed by atoms with Crippen LogP contribution in [-0.2, 0) is 16.0 Å². The Bertz CT molecular complexity index is 916. The van der Waals surface area contributed by atoms with Crippen LogP contribution in [0.5, 0.6) is 0 Å². The molecule has 4 rings (SSSR count). The summed E-state index contributed by atoms with van der Waals surface area (Å²) in [6.07, 6.45) is 8.31. The number of amides is 2. The Kier molecular flexibility index (Phi) is 5.84. The molecule has 6 heteroatoms. The van der Waals surface area contributed by atoms with Crippen LogP contribution in [0.3, 0.4) is 0 Å². The van der Waals surface area contributed by atoms with Gasteiger partial charge in [0, 0.05) is 43.5 Å². The summed E-state index contributed by atoms with van der Waals surface area (Å²) >= 11 is 0. The summed E-state index contributed by atoms with van der Waals surface area (Å²) in [5.74, 6) is 0.881. The lowest BCUT2D eigenvalue weighted by atomic mass is 9.73. The van der Waals surface area contributed by atoms with Gasteiger partial charge in [-0.15, -0.1) is 0 Å². The Labute approximate surface area is 178 Å². The van der Waals surface area contributed by atoms with Gasteiger partial charge in [-0.3, -0.25) is 9.59 Å². The SMILES string of the molecule is CCNC(=O)[C@]1(Cc2ccccc2-c2cncnc2)CCCN(C(=O)[C@H]2C[C@H]2C)C1. The third-order valence-electron chi connectivity index (χ3n) is 6.55. The van der Waals surface area contributed by atoms with Gasteiger partial charge in [0.05, 0.1) is 5.41 Å². The first-order chi connectivity index (χ1) is 14.5. The van der Waals surface area contributed by atoms with Crippen LogP contribution in [0.15, 0.2) is 43.0 Å². The van der Waals surface area contributed by atoms with Crippen molar-refractivity contribution in [2.24, 2.45) is 17.3 Å². The van der Waals surface area contributed by atoms with E-state index in [1.807, 2.05) is 24.0 Å². The second kappa shape index (κ2) is 8.54. The molecule has 1 aromatic carbocycles. The van der Waals surface area contributed by atoms with Gasteiger partial charge < -0.3 is 10.2 Å². The van der Waals surface area contributed by atoms with Gasteiger partial charge in [0.25, 0.3) is 0 Å². The minimum absolute atomic E-state index is 0.0467. The van der Waals surface area contributed by atoms with Gasteiger partial charge in [-0.2, -0.15) is 0 Å².